The van der Waals surface area contributed by atoms with Crippen LogP contribution >= 0.6 is 11.8 Å². The smallest absolute Gasteiger partial charge is 0.433 e. The van der Waals surface area contributed by atoms with E-state index in [9.17, 15) is 10.1 Å². The van der Waals surface area contributed by atoms with E-state index in [-0.39, 0.29) is 5.88 Å². The standard InChI is InChI=1S/C18H13N5O4S/c24-23(25)16-6-5-14(27-16)7-10-28-18-21-20-17(13-3-1-8-19-11-13)22(18)12-15-4-2-9-26-15/h1-11H,12H2/b10-7+. The molecular weight excluding hydrogens is 382 g/mol. The molecule has 0 aromatic carbocycles. The number of thioether (sulfide) groups is 1. The number of pyridine rings is 1. The van der Waals surface area contributed by atoms with Crippen molar-refractivity contribution < 1.29 is 13.8 Å². The molecule has 0 unspecified atom stereocenters. The Morgan fingerprint density at radius 3 is 2.86 bits per heavy atom. The number of aromatic nitrogens is 4. The normalized spacial score (nSPS) is 11.3. The minimum Gasteiger partial charge on any atom is -0.467 e. The summed E-state index contributed by atoms with van der Waals surface area (Å²) in [4.78, 5) is 14.2. The Labute approximate surface area is 162 Å². The fourth-order valence-electron chi connectivity index (χ4n) is 2.48. The second kappa shape index (κ2) is 7.92. The van der Waals surface area contributed by atoms with Crippen molar-refractivity contribution in [3.05, 3.63) is 82.1 Å². The third kappa shape index (κ3) is 3.86. The molecule has 0 aliphatic carbocycles. The number of hydrogen-bond acceptors (Lipinski definition) is 8. The largest absolute Gasteiger partial charge is 0.467 e. The van der Waals surface area contributed by atoms with Crippen LogP contribution in [0, 0.1) is 10.1 Å². The Bertz CT molecular complexity index is 1100. The van der Waals surface area contributed by atoms with E-state index >= 15 is 0 Å². The maximum absolute atomic E-state index is 10.7. The molecule has 0 radical (unpaired) electrons. The third-order valence-electron chi connectivity index (χ3n) is 3.73. The average Bonchev–Trinajstić information content (AvgIpc) is 3.45. The molecule has 0 spiro atoms. The lowest BCUT2D eigenvalue weighted by Crippen LogP contribution is -2.03. The van der Waals surface area contributed by atoms with Gasteiger partial charge in [-0.2, -0.15) is 0 Å². The summed E-state index contributed by atoms with van der Waals surface area (Å²) in [6.45, 7) is 0.451. The maximum atomic E-state index is 10.7. The van der Waals surface area contributed by atoms with Gasteiger partial charge < -0.3 is 8.83 Å². The van der Waals surface area contributed by atoms with Gasteiger partial charge in [-0.05, 0) is 41.8 Å². The molecule has 4 heterocycles. The van der Waals surface area contributed by atoms with Crippen LogP contribution in [0.3, 0.4) is 0 Å². The molecule has 4 rings (SSSR count). The molecule has 140 valence electrons. The zero-order valence-electron chi connectivity index (χ0n) is 14.3. The number of hydrogen-bond donors (Lipinski definition) is 0. The van der Waals surface area contributed by atoms with Crippen molar-refractivity contribution in [1.82, 2.24) is 19.7 Å². The van der Waals surface area contributed by atoms with Gasteiger partial charge in [0.1, 0.15) is 16.4 Å². The van der Waals surface area contributed by atoms with Gasteiger partial charge >= 0.3 is 5.88 Å². The van der Waals surface area contributed by atoms with Gasteiger partial charge in [0.05, 0.1) is 18.9 Å². The summed E-state index contributed by atoms with van der Waals surface area (Å²) < 4.78 is 12.5. The van der Waals surface area contributed by atoms with Crippen molar-refractivity contribution >= 4 is 23.7 Å². The first-order valence-corrected chi connectivity index (χ1v) is 9.02. The highest BCUT2D eigenvalue weighted by molar-refractivity contribution is 8.02. The Morgan fingerprint density at radius 1 is 1.21 bits per heavy atom. The highest BCUT2D eigenvalue weighted by Crippen LogP contribution is 2.26. The number of rotatable bonds is 7. The topological polar surface area (TPSA) is 113 Å². The summed E-state index contributed by atoms with van der Waals surface area (Å²) in [6, 6.07) is 10.3. The lowest BCUT2D eigenvalue weighted by molar-refractivity contribution is -0.402. The van der Waals surface area contributed by atoms with Crippen molar-refractivity contribution in [3.8, 4) is 11.4 Å². The van der Waals surface area contributed by atoms with E-state index < -0.39 is 4.92 Å². The third-order valence-corrected chi connectivity index (χ3v) is 4.51. The van der Waals surface area contributed by atoms with Crippen molar-refractivity contribution in [2.24, 2.45) is 0 Å². The van der Waals surface area contributed by atoms with Gasteiger partial charge in [-0.3, -0.25) is 19.7 Å². The van der Waals surface area contributed by atoms with Crippen molar-refractivity contribution in [1.29, 1.82) is 0 Å². The summed E-state index contributed by atoms with van der Waals surface area (Å²) in [7, 11) is 0. The van der Waals surface area contributed by atoms with Gasteiger partial charge in [0, 0.05) is 18.0 Å². The minimum atomic E-state index is -0.579. The summed E-state index contributed by atoms with van der Waals surface area (Å²) in [6.07, 6.45) is 6.65. The molecule has 4 aromatic rings. The molecular formula is C18H13N5O4S. The van der Waals surface area contributed by atoms with Gasteiger partial charge in [0.25, 0.3) is 0 Å². The molecule has 10 heteroatoms. The summed E-state index contributed by atoms with van der Waals surface area (Å²) in [5.74, 6) is 1.50. The zero-order chi connectivity index (χ0) is 19.3. The van der Waals surface area contributed by atoms with E-state index in [0.29, 0.717) is 23.3 Å². The molecule has 0 N–H and O–H groups in total. The van der Waals surface area contributed by atoms with Crippen LogP contribution in [-0.4, -0.2) is 24.7 Å². The lowest BCUT2D eigenvalue weighted by atomic mass is 10.2. The zero-order valence-corrected chi connectivity index (χ0v) is 15.2. The number of nitrogens with zero attached hydrogens (tertiary/aromatic N) is 5. The van der Waals surface area contributed by atoms with E-state index in [2.05, 4.69) is 15.2 Å². The van der Waals surface area contributed by atoms with Gasteiger partial charge in [-0.1, -0.05) is 11.8 Å². The van der Waals surface area contributed by atoms with Crippen LogP contribution in [0.1, 0.15) is 11.5 Å². The first kappa shape index (κ1) is 17.7. The predicted molar refractivity (Wildman–Crippen MR) is 101 cm³/mol. The van der Waals surface area contributed by atoms with Crippen molar-refractivity contribution in [2.45, 2.75) is 11.7 Å². The SMILES string of the molecule is O=[N+]([O-])c1ccc(/C=C/Sc2nnc(-c3cccnc3)n2Cc2ccco2)o1. The summed E-state index contributed by atoms with van der Waals surface area (Å²) >= 11 is 1.31. The van der Waals surface area contributed by atoms with Crippen LogP contribution in [0.15, 0.2) is 74.5 Å². The maximum Gasteiger partial charge on any atom is 0.433 e. The average molecular weight is 395 g/mol. The van der Waals surface area contributed by atoms with Crippen molar-refractivity contribution in [2.75, 3.05) is 0 Å². The molecule has 0 saturated carbocycles. The summed E-state index contributed by atoms with van der Waals surface area (Å²) in [5, 5.41) is 21.6. The predicted octanol–water partition coefficient (Wildman–Crippen LogP) is 4.25. The first-order chi connectivity index (χ1) is 13.7. The molecule has 0 bridgehead atoms. The van der Waals surface area contributed by atoms with Crippen LogP contribution < -0.4 is 0 Å². The highest BCUT2D eigenvalue weighted by Gasteiger charge is 2.15. The van der Waals surface area contributed by atoms with Crippen LogP contribution in [0.25, 0.3) is 17.5 Å². The van der Waals surface area contributed by atoms with Gasteiger partial charge in [0.2, 0.25) is 0 Å². The molecule has 9 nitrogen and oxygen atoms in total. The molecule has 0 aliphatic rings. The minimum absolute atomic E-state index is 0.301. The Morgan fingerprint density at radius 2 is 2.14 bits per heavy atom. The summed E-state index contributed by atoms with van der Waals surface area (Å²) in [5.41, 5.74) is 0.832. The Balaban J connectivity index is 1.59. The van der Waals surface area contributed by atoms with Crippen LogP contribution in [0.5, 0.6) is 0 Å². The first-order valence-electron chi connectivity index (χ1n) is 8.14. The Kier molecular flexibility index (Phi) is 5.02. The van der Waals surface area contributed by atoms with Gasteiger partial charge in [-0.15, -0.1) is 10.2 Å². The second-order valence-electron chi connectivity index (χ2n) is 5.57. The van der Waals surface area contributed by atoms with Crippen LogP contribution in [-0.2, 0) is 6.54 Å². The molecule has 0 saturated heterocycles. The molecule has 0 aliphatic heterocycles. The van der Waals surface area contributed by atoms with E-state index in [0.717, 1.165) is 11.3 Å². The molecule has 28 heavy (non-hydrogen) atoms. The van der Waals surface area contributed by atoms with Crippen LogP contribution in [0.4, 0.5) is 5.88 Å². The quantitative estimate of drug-likeness (QED) is 0.259. The van der Waals surface area contributed by atoms with E-state index in [4.69, 9.17) is 8.83 Å². The van der Waals surface area contributed by atoms with Gasteiger partial charge in [0.15, 0.2) is 11.0 Å². The molecule has 0 amide bonds. The molecule has 0 atom stereocenters. The second-order valence-corrected chi connectivity index (χ2v) is 6.44. The van der Waals surface area contributed by atoms with Crippen molar-refractivity contribution in [3.63, 3.8) is 0 Å². The fraction of sp³-hybridized carbons (Fsp3) is 0.0556. The molecule has 4 aromatic heterocycles. The van der Waals surface area contributed by atoms with E-state index in [1.54, 1.807) is 30.1 Å². The van der Waals surface area contributed by atoms with E-state index in [1.807, 2.05) is 28.8 Å². The van der Waals surface area contributed by atoms with E-state index in [1.165, 1.54) is 23.9 Å². The Hall–Kier alpha value is -3.66. The molecule has 0 fully saturated rings. The lowest BCUT2D eigenvalue weighted by Gasteiger charge is -2.07. The highest BCUT2D eigenvalue weighted by atomic mass is 32.2. The van der Waals surface area contributed by atoms with Crippen LogP contribution in [0.2, 0.25) is 0 Å². The fourth-order valence-corrected chi connectivity index (χ4v) is 3.17. The van der Waals surface area contributed by atoms with Gasteiger partial charge in [-0.25, -0.2) is 0 Å². The monoisotopic (exact) mass is 395 g/mol. The number of furan rings is 2. The number of nitro groups is 1.